The quantitative estimate of drug-likeness (QED) is 0.0507. The topological polar surface area (TPSA) is 135 Å². The number of ether oxygens (including phenoxy) is 2. The molecule has 0 radical (unpaired) electrons. The summed E-state index contributed by atoms with van der Waals surface area (Å²) in [6.07, 6.45) is 11.3. The molecule has 0 bridgehead atoms. The molecule has 4 heterocycles. The summed E-state index contributed by atoms with van der Waals surface area (Å²) < 4.78 is 11.8. The van der Waals surface area contributed by atoms with Crippen LogP contribution >= 0.6 is 19.4 Å². The van der Waals surface area contributed by atoms with Gasteiger partial charge in [0.25, 0.3) is 0 Å². The van der Waals surface area contributed by atoms with Crippen molar-refractivity contribution in [3.05, 3.63) is 202 Å². The van der Waals surface area contributed by atoms with Gasteiger partial charge in [0.2, 0.25) is 0 Å². The SMILES string of the molecule is [C-]#[N+]/C(c1cc(/C=C/c2ccccc2)ccn1)=c1/[n-]c(-c2ccccc2OC(=O)CC)c2/c(=C(\C#N)c3cc(/C=C/c4ccccc4)ccn3)[n-]c(-c3ccccc3OC(=O)CC)c12.[Cl][Zn+].[Cl][Zn+]. The molecule has 8 aromatic rings. The number of hydrogen-bond donors (Lipinski definition) is 0. The summed E-state index contributed by atoms with van der Waals surface area (Å²) in [4.78, 5) is 49.6. The molecule has 326 valence electrons. The van der Waals surface area contributed by atoms with E-state index in [0.29, 0.717) is 44.7 Å². The molecule has 0 N–H and O–H groups in total. The number of aromatic nitrogens is 4. The molecule has 0 spiro atoms. The van der Waals surface area contributed by atoms with Crippen LogP contribution in [0.5, 0.6) is 11.5 Å². The normalized spacial score (nSPS) is 11.7. The molecule has 0 saturated heterocycles. The molecule has 0 atom stereocenters. The number of benzene rings is 4. The summed E-state index contributed by atoms with van der Waals surface area (Å²) >= 11 is 1.69. The summed E-state index contributed by atoms with van der Waals surface area (Å²) in [6, 6.07) is 43.3. The Morgan fingerprint density at radius 1 is 0.618 bits per heavy atom. The van der Waals surface area contributed by atoms with Crippen LogP contribution in [0, 0.1) is 17.9 Å². The Balaban J connectivity index is 0.00000185. The van der Waals surface area contributed by atoms with Gasteiger partial charge in [-0.2, -0.15) is 5.26 Å². The van der Waals surface area contributed by atoms with E-state index in [4.69, 9.17) is 45.4 Å². The van der Waals surface area contributed by atoms with Gasteiger partial charge in [-0.25, -0.2) is 4.85 Å². The second-order valence-electron chi connectivity index (χ2n) is 14.4. The van der Waals surface area contributed by atoms with Crippen molar-refractivity contribution in [2.24, 2.45) is 0 Å². The molecule has 0 aliphatic heterocycles. The summed E-state index contributed by atoms with van der Waals surface area (Å²) in [7, 11) is 9.53. The Morgan fingerprint density at radius 3 is 1.50 bits per heavy atom. The molecule has 4 aromatic carbocycles. The molecule has 8 rings (SSSR count). The third kappa shape index (κ3) is 11.9. The molecule has 68 heavy (non-hydrogen) atoms. The standard InChI is InChI=1S/C54H38N6O4.2ClH.2Zn/c1-4-46(61)63-44-22-14-12-20-39(44)50-48-49(54(60-50)53(56-3)43-33-38(29-31-58-43)27-25-36-18-10-7-11-19-36)51(40-21-13-15-23-45(40)64-47(62)5-2)59-52(48)41(34-55)42-32-37(28-30-57-42)26-24-35-16-8-6-9-17-35;;;;/h6-33H,4-5H2,1-2H3;2*1H;;/q-2;;;2*+2/p-2/b26-24+,27-25+;;;;. The molecule has 0 aliphatic rings. The molecular formula is C54H38Cl2N6O4Zn2. The third-order valence-corrected chi connectivity index (χ3v) is 10.2. The third-order valence-electron chi connectivity index (χ3n) is 10.2. The van der Waals surface area contributed by atoms with Crippen LogP contribution in [0.1, 0.15) is 60.3 Å². The van der Waals surface area contributed by atoms with Crippen molar-refractivity contribution in [1.29, 1.82) is 5.26 Å². The van der Waals surface area contributed by atoms with Gasteiger partial charge >= 0.3 is 65.9 Å². The van der Waals surface area contributed by atoms with Crippen molar-refractivity contribution < 1.29 is 53.7 Å². The maximum atomic E-state index is 12.9. The molecule has 4 aromatic heterocycles. The molecule has 0 fully saturated rings. The zero-order valence-corrected chi connectivity index (χ0v) is 44.5. The first-order chi connectivity index (χ1) is 33.4. The second kappa shape index (κ2) is 25.2. The summed E-state index contributed by atoms with van der Waals surface area (Å²) in [5, 5.41) is 12.3. The van der Waals surface area contributed by atoms with Crippen LogP contribution in [0.25, 0.3) is 73.7 Å². The van der Waals surface area contributed by atoms with Crippen LogP contribution < -0.4 is 30.1 Å². The average Bonchev–Trinajstić information content (AvgIpc) is 3.97. The number of pyridine rings is 2. The van der Waals surface area contributed by atoms with Gasteiger partial charge < -0.3 is 19.4 Å². The zero-order chi connectivity index (χ0) is 48.4. The van der Waals surface area contributed by atoms with E-state index in [1.807, 2.05) is 103 Å². The van der Waals surface area contributed by atoms with Crippen molar-refractivity contribution in [3.63, 3.8) is 0 Å². The summed E-state index contributed by atoms with van der Waals surface area (Å²) in [5.41, 5.74) is 5.92. The van der Waals surface area contributed by atoms with Crippen LogP contribution in [-0.4, -0.2) is 21.9 Å². The fourth-order valence-corrected chi connectivity index (χ4v) is 7.12. The Labute approximate surface area is 422 Å². The first-order valence-electron chi connectivity index (χ1n) is 21.1. The van der Waals surface area contributed by atoms with E-state index >= 15 is 0 Å². The van der Waals surface area contributed by atoms with E-state index in [2.05, 4.69) is 20.9 Å². The van der Waals surface area contributed by atoms with Crippen molar-refractivity contribution in [2.45, 2.75) is 26.7 Å². The minimum atomic E-state index is -0.462. The fraction of sp³-hybridized carbons (Fsp3) is 0.0741. The van der Waals surface area contributed by atoms with Crippen molar-refractivity contribution in [2.75, 3.05) is 0 Å². The van der Waals surface area contributed by atoms with Gasteiger partial charge in [0.1, 0.15) is 17.6 Å². The maximum absolute atomic E-state index is 12.9. The van der Waals surface area contributed by atoms with Crippen LogP contribution in [0.2, 0.25) is 0 Å². The molecule has 14 heteroatoms. The fourth-order valence-electron chi connectivity index (χ4n) is 7.12. The Hall–Kier alpha value is -7.03. The van der Waals surface area contributed by atoms with Gasteiger partial charge in [-0.05, 0) is 64.0 Å². The number of nitriles is 1. The van der Waals surface area contributed by atoms with E-state index < -0.39 is 11.9 Å². The van der Waals surface area contributed by atoms with Crippen LogP contribution in [0.3, 0.4) is 0 Å². The number of para-hydroxylation sites is 2. The van der Waals surface area contributed by atoms with Gasteiger partial charge in [-0.3, -0.25) is 19.6 Å². The van der Waals surface area contributed by atoms with E-state index in [1.165, 1.54) is 0 Å². The number of esters is 2. The van der Waals surface area contributed by atoms with Crippen LogP contribution in [-0.2, 0) is 44.2 Å². The van der Waals surface area contributed by atoms with Gasteiger partial charge in [0.15, 0.2) is 5.70 Å². The van der Waals surface area contributed by atoms with Crippen molar-refractivity contribution in [1.82, 2.24) is 19.9 Å². The van der Waals surface area contributed by atoms with Gasteiger partial charge in [0.05, 0.1) is 23.5 Å². The van der Waals surface area contributed by atoms with Gasteiger partial charge in [-0.15, -0.1) is 22.1 Å². The molecule has 10 nitrogen and oxygen atoms in total. The number of hydrogen-bond acceptors (Lipinski definition) is 7. The van der Waals surface area contributed by atoms with Crippen molar-refractivity contribution in [3.8, 4) is 40.1 Å². The Kier molecular flexibility index (Phi) is 18.7. The zero-order valence-electron chi connectivity index (χ0n) is 37.1. The first-order valence-corrected chi connectivity index (χ1v) is 28.9. The number of nitrogens with zero attached hydrogens (tertiary/aromatic N) is 6. The molecule has 0 unspecified atom stereocenters. The predicted octanol–water partition coefficient (Wildman–Crippen LogP) is 11.0. The van der Waals surface area contributed by atoms with E-state index in [9.17, 15) is 14.9 Å². The van der Waals surface area contributed by atoms with Gasteiger partial charge in [0, 0.05) is 36.4 Å². The van der Waals surface area contributed by atoms with E-state index in [0.717, 1.165) is 56.9 Å². The molecule has 0 saturated carbocycles. The number of fused-ring (bicyclic) bond motifs is 1. The first kappa shape index (κ1) is 50.4. The Morgan fingerprint density at radius 2 is 1.03 bits per heavy atom. The predicted molar refractivity (Wildman–Crippen MR) is 261 cm³/mol. The number of carbonyl (C=O) groups excluding carboxylic acids is 2. The Bertz CT molecular complexity index is 3120. The second-order valence-corrected chi connectivity index (χ2v) is 14.4. The summed E-state index contributed by atoms with van der Waals surface area (Å²) in [5.74, 6) is -0.469. The van der Waals surface area contributed by atoms with Crippen LogP contribution in [0.4, 0.5) is 0 Å². The van der Waals surface area contributed by atoms with Crippen LogP contribution in [0.15, 0.2) is 146 Å². The molecular weight excluding hydrogens is 998 g/mol. The van der Waals surface area contributed by atoms with Gasteiger partial charge in [-0.1, -0.05) is 141 Å². The van der Waals surface area contributed by atoms with E-state index in [1.54, 1.807) is 80.8 Å². The van der Waals surface area contributed by atoms with E-state index in [-0.39, 0.29) is 46.3 Å². The molecule has 0 aliphatic carbocycles. The number of rotatable bonds is 12. The minimum absolute atomic E-state index is 0.0992. The average molecular weight is 1040 g/mol. The monoisotopic (exact) mass is 1030 g/mol. The number of carbonyl (C=O) groups is 2. The summed E-state index contributed by atoms with van der Waals surface area (Å²) in [6.45, 7) is 12.1. The number of halogens is 2. The van der Waals surface area contributed by atoms with Crippen molar-refractivity contribution >= 4 is 77.7 Å². The molecule has 0 amide bonds.